The monoisotopic (exact) mass is 284 g/mol. The number of nitrogens with zero attached hydrogens (tertiary/aromatic N) is 1. The molecule has 0 aromatic heterocycles. The Morgan fingerprint density at radius 2 is 1.95 bits per heavy atom. The van der Waals surface area contributed by atoms with Crippen LogP contribution in [0.5, 0.6) is 0 Å². The summed E-state index contributed by atoms with van der Waals surface area (Å²) < 4.78 is 0. The van der Waals surface area contributed by atoms with E-state index in [0.717, 1.165) is 11.4 Å². The van der Waals surface area contributed by atoms with E-state index < -0.39 is 0 Å². The Morgan fingerprint density at radius 1 is 1.20 bits per heavy atom. The topological polar surface area (TPSA) is 35.8 Å². The van der Waals surface area contributed by atoms with Crippen LogP contribution in [0.1, 0.15) is 36.5 Å². The average Bonchev–Trinajstić information content (AvgIpc) is 2.41. The maximum Gasteiger partial charge on any atom is 0.101 e. The molecule has 20 heavy (non-hydrogen) atoms. The van der Waals surface area contributed by atoms with Crippen LogP contribution in [-0.4, -0.2) is 0 Å². The van der Waals surface area contributed by atoms with E-state index in [1.165, 1.54) is 11.1 Å². The number of hydrogen-bond donors (Lipinski definition) is 1. The Bertz CT molecular complexity index is 669. The summed E-state index contributed by atoms with van der Waals surface area (Å²) in [7, 11) is 0. The zero-order valence-electron chi connectivity index (χ0n) is 11.9. The lowest BCUT2D eigenvalue weighted by molar-refractivity contribution is 0.867. The Labute approximate surface area is 125 Å². The van der Waals surface area contributed by atoms with Gasteiger partial charge in [-0.15, -0.1) is 0 Å². The number of benzene rings is 2. The highest BCUT2D eigenvalue weighted by atomic mass is 35.5. The van der Waals surface area contributed by atoms with Crippen LogP contribution in [0.4, 0.5) is 11.4 Å². The van der Waals surface area contributed by atoms with Gasteiger partial charge < -0.3 is 5.32 Å². The van der Waals surface area contributed by atoms with Crippen molar-refractivity contribution >= 4 is 23.0 Å². The van der Waals surface area contributed by atoms with Crippen molar-refractivity contribution < 1.29 is 0 Å². The first-order valence-corrected chi connectivity index (χ1v) is 6.97. The molecule has 0 spiro atoms. The summed E-state index contributed by atoms with van der Waals surface area (Å²) in [4.78, 5) is 0. The normalized spacial score (nSPS) is 10.4. The summed E-state index contributed by atoms with van der Waals surface area (Å²) >= 11 is 6.08. The van der Waals surface area contributed by atoms with Gasteiger partial charge in [0.25, 0.3) is 0 Å². The molecular weight excluding hydrogens is 268 g/mol. The second-order valence-corrected chi connectivity index (χ2v) is 5.53. The van der Waals surface area contributed by atoms with Crippen molar-refractivity contribution in [3.63, 3.8) is 0 Å². The van der Waals surface area contributed by atoms with Crippen LogP contribution in [0.25, 0.3) is 0 Å². The van der Waals surface area contributed by atoms with Crippen LogP contribution in [0.2, 0.25) is 5.02 Å². The molecule has 2 aromatic carbocycles. The third kappa shape index (κ3) is 2.95. The molecule has 0 aliphatic carbocycles. The number of rotatable bonds is 3. The van der Waals surface area contributed by atoms with Crippen LogP contribution < -0.4 is 5.32 Å². The van der Waals surface area contributed by atoms with E-state index in [0.29, 0.717) is 16.5 Å². The fraction of sp³-hybridized carbons (Fsp3) is 0.235. The van der Waals surface area contributed by atoms with E-state index in [1.54, 1.807) is 12.1 Å². The molecule has 2 rings (SSSR count). The second kappa shape index (κ2) is 5.98. The van der Waals surface area contributed by atoms with Crippen LogP contribution in [-0.2, 0) is 0 Å². The lowest BCUT2D eigenvalue weighted by Crippen LogP contribution is -2.00. The van der Waals surface area contributed by atoms with Gasteiger partial charge in [0.2, 0.25) is 0 Å². The lowest BCUT2D eigenvalue weighted by Gasteiger charge is -2.17. The van der Waals surface area contributed by atoms with Gasteiger partial charge in [0.1, 0.15) is 6.07 Å². The number of anilines is 2. The number of nitriles is 1. The zero-order valence-corrected chi connectivity index (χ0v) is 12.6. The van der Waals surface area contributed by atoms with Gasteiger partial charge in [0.15, 0.2) is 0 Å². The molecule has 0 saturated heterocycles. The van der Waals surface area contributed by atoms with Crippen molar-refractivity contribution in [3.8, 4) is 6.07 Å². The Balaban J connectivity index is 2.40. The van der Waals surface area contributed by atoms with Crippen molar-refractivity contribution in [1.29, 1.82) is 5.26 Å². The van der Waals surface area contributed by atoms with Crippen molar-refractivity contribution in [3.05, 3.63) is 58.1 Å². The number of hydrogen-bond acceptors (Lipinski definition) is 2. The number of para-hydroxylation sites is 1. The molecule has 0 aliphatic rings. The standard InChI is InChI=1S/C17H17ClN2/c1-11(2)15-6-4-5-12(3)17(15)20-14-8-7-13(10-19)16(18)9-14/h4-9,11,20H,1-3H3. The van der Waals surface area contributed by atoms with Crippen LogP contribution in [0.15, 0.2) is 36.4 Å². The van der Waals surface area contributed by atoms with Gasteiger partial charge in [0.05, 0.1) is 10.6 Å². The zero-order chi connectivity index (χ0) is 14.7. The molecule has 102 valence electrons. The SMILES string of the molecule is Cc1cccc(C(C)C)c1Nc1ccc(C#N)c(Cl)c1. The molecule has 0 heterocycles. The van der Waals surface area contributed by atoms with E-state index in [1.807, 2.05) is 6.07 Å². The minimum Gasteiger partial charge on any atom is -0.355 e. The first kappa shape index (κ1) is 14.4. The van der Waals surface area contributed by atoms with Crippen LogP contribution in [0.3, 0.4) is 0 Å². The second-order valence-electron chi connectivity index (χ2n) is 5.13. The highest BCUT2D eigenvalue weighted by molar-refractivity contribution is 6.32. The van der Waals surface area contributed by atoms with Gasteiger partial charge in [-0.1, -0.05) is 43.6 Å². The molecule has 1 N–H and O–H groups in total. The first-order valence-electron chi connectivity index (χ1n) is 6.59. The van der Waals surface area contributed by atoms with E-state index >= 15 is 0 Å². The Morgan fingerprint density at radius 3 is 2.55 bits per heavy atom. The predicted molar refractivity (Wildman–Crippen MR) is 84.7 cm³/mol. The van der Waals surface area contributed by atoms with Crippen molar-refractivity contribution in [2.45, 2.75) is 26.7 Å². The van der Waals surface area contributed by atoms with Gasteiger partial charge in [0, 0.05) is 11.4 Å². The molecule has 0 saturated carbocycles. The molecule has 2 aromatic rings. The summed E-state index contributed by atoms with van der Waals surface area (Å²) in [6.07, 6.45) is 0. The maximum atomic E-state index is 8.91. The molecular formula is C17H17ClN2. The van der Waals surface area contributed by atoms with Crippen molar-refractivity contribution in [2.24, 2.45) is 0 Å². The summed E-state index contributed by atoms with van der Waals surface area (Å²) in [5.74, 6) is 0.436. The molecule has 0 atom stereocenters. The molecule has 0 bridgehead atoms. The summed E-state index contributed by atoms with van der Waals surface area (Å²) in [5.41, 5.74) is 4.96. The van der Waals surface area contributed by atoms with Gasteiger partial charge in [-0.05, 0) is 42.2 Å². The molecule has 0 amide bonds. The number of nitrogens with one attached hydrogen (secondary N) is 1. The summed E-state index contributed by atoms with van der Waals surface area (Å²) in [6.45, 7) is 6.43. The summed E-state index contributed by atoms with van der Waals surface area (Å²) in [5, 5.41) is 12.8. The van der Waals surface area contributed by atoms with Gasteiger partial charge in [-0.25, -0.2) is 0 Å². The minimum atomic E-state index is 0.436. The van der Waals surface area contributed by atoms with Gasteiger partial charge >= 0.3 is 0 Å². The average molecular weight is 285 g/mol. The number of aryl methyl sites for hydroxylation is 1. The van der Waals surface area contributed by atoms with Crippen molar-refractivity contribution in [2.75, 3.05) is 5.32 Å². The lowest BCUT2D eigenvalue weighted by atomic mass is 9.98. The molecule has 3 heteroatoms. The largest absolute Gasteiger partial charge is 0.355 e. The Hall–Kier alpha value is -1.98. The molecule has 0 aliphatic heterocycles. The molecule has 0 radical (unpaired) electrons. The van der Waals surface area contributed by atoms with Crippen molar-refractivity contribution in [1.82, 2.24) is 0 Å². The van der Waals surface area contributed by atoms with Gasteiger partial charge in [-0.2, -0.15) is 5.26 Å². The summed E-state index contributed by atoms with van der Waals surface area (Å²) in [6, 6.07) is 13.8. The van der Waals surface area contributed by atoms with Crippen LogP contribution in [0, 0.1) is 18.3 Å². The third-order valence-electron chi connectivity index (χ3n) is 3.29. The van der Waals surface area contributed by atoms with E-state index in [9.17, 15) is 0 Å². The fourth-order valence-electron chi connectivity index (χ4n) is 2.17. The maximum absolute atomic E-state index is 8.91. The van der Waals surface area contributed by atoms with E-state index in [2.05, 4.69) is 50.4 Å². The molecule has 0 fully saturated rings. The van der Waals surface area contributed by atoms with Crippen LogP contribution >= 0.6 is 11.6 Å². The predicted octanol–water partition coefficient (Wildman–Crippen LogP) is 5.39. The van der Waals surface area contributed by atoms with E-state index in [4.69, 9.17) is 16.9 Å². The van der Waals surface area contributed by atoms with Gasteiger partial charge in [-0.3, -0.25) is 0 Å². The Kier molecular flexibility index (Phi) is 4.32. The quantitative estimate of drug-likeness (QED) is 0.820. The minimum absolute atomic E-state index is 0.436. The molecule has 0 unspecified atom stereocenters. The first-order chi connectivity index (χ1) is 9.52. The number of halogens is 1. The fourth-order valence-corrected chi connectivity index (χ4v) is 2.39. The highest BCUT2D eigenvalue weighted by Gasteiger charge is 2.10. The highest BCUT2D eigenvalue weighted by Crippen LogP contribution is 2.31. The van der Waals surface area contributed by atoms with E-state index in [-0.39, 0.29) is 0 Å². The third-order valence-corrected chi connectivity index (χ3v) is 3.60. The molecule has 2 nitrogen and oxygen atoms in total. The smallest absolute Gasteiger partial charge is 0.101 e.